The van der Waals surface area contributed by atoms with E-state index in [4.69, 9.17) is 4.98 Å². The van der Waals surface area contributed by atoms with Crippen molar-refractivity contribution in [3.05, 3.63) is 150 Å². The second kappa shape index (κ2) is 10.7. The van der Waals surface area contributed by atoms with E-state index in [1.165, 1.54) is 50.0 Å². The molecular formula is C41H33N3. The van der Waals surface area contributed by atoms with E-state index in [0.717, 1.165) is 40.8 Å². The molecule has 4 aromatic carbocycles. The highest BCUT2D eigenvalue weighted by Gasteiger charge is 2.20. The zero-order valence-corrected chi connectivity index (χ0v) is 25.0. The van der Waals surface area contributed by atoms with Gasteiger partial charge in [-0.2, -0.15) is 0 Å². The van der Waals surface area contributed by atoms with Crippen LogP contribution in [-0.2, 0) is 6.42 Å². The summed E-state index contributed by atoms with van der Waals surface area (Å²) in [7, 11) is 0. The molecule has 1 aliphatic rings. The first kappa shape index (κ1) is 26.2. The average molecular weight is 568 g/mol. The van der Waals surface area contributed by atoms with Gasteiger partial charge in [0, 0.05) is 68.2 Å². The lowest BCUT2D eigenvalue weighted by molar-refractivity contribution is 0.857. The molecule has 0 radical (unpaired) electrons. The number of pyridine rings is 1. The average Bonchev–Trinajstić information content (AvgIpc) is 3.57. The number of aromatic nitrogens is 3. The summed E-state index contributed by atoms with van der Waals surface area (Å²) in [5.41, 5.74) is 14.6. The van der Waals surface area contributed by atoms with Gasteiger partial charge in [-0.15, -0.1) is 0 Å². The summed E-state index contributed by atoms with van der Waals surface area (Å²) in [6.07, 6.45) is 15.0. The number of nitrogens with zero attached hydrogens (tertiary/aromatic N) is 3. The Labute approximate surface area is 258 Å². The fourth-order valence-corrected chi connectivity index (χ4v) is 6.98. The first-order chi connectivity index (χ1) is 21.7. The van der Waals surface area contributed by atoms with Crippen molar-refractivity contribution in [3.63, 3.8) is 0 Å². The minimum absolute atomic E-state index is 1.05. The van der Waals surface area contributed by atoms with Crippen molar-refractivity contribution in [1.82, 2.24) is 14.1 Å². The van der Waals surface area contributed by atoms with Crippen molar-refractivity contribution in [1.29, 1.82) is 0 Å². The number of rotatable bonds is 5. The fraction of sp³-hybridized carbons (Fsp3) is 0.0976. The van der Waals surface area contributed by atoms with Gasteiger partial charge in [-0.05, 0) is 80.3 Å². The van der Waals surface area contributed by atoms with E-state index in [2.05, 4.69) is 150 Å². The van der Waals surface area contributed by atoms with Crippen LogP contribution in [0, 0.1) is 6.92 Å². The molecule has 212 valence electrons. The van der Waals surface area contributed by atoms with Crippen LogP contribution >= 0.6 is 0 Å². The molecule has 7 aromatic rings. The lowest BCUT2D eigenvalue weighted by Crippen LogP contribution is -2.04. The minimum atomic E-state index is 1.05. The third kappa shape index (κ3) is 4.24. The third-order valence-electron chi connectivity index (χ3n) is 8.96. The van der Waals surface area contributed by atoms with Crippen LogP contribution in [0.25, 0.3) is 67.6 Å². The van der Waals surface area contributed by atoms with Crippen LogP contribution < -0.4 is 0 Å². The Balaban J connectivity index is 1.20. The summed E-state index contributed by atoms with van der Waals surface area (Å²) >= 11 is 0. The highest BCUT2D eigenvalue weighted by Crippen LogP contribution is 2.36. The molecule has 0 bridgehead atoms. The number of allylic oxidation sites excluding steroid dienone is 2. The molecule has 0 fully saturated rings. The maximum atomic E-state index is 4.72. The first-order valence-electron chi connectivity index (χ1n) is 15.4. The maximum Gasteiger partial charge on any atom is 0.0541 e. The molecule has 3 aromatic heterocycles. The Morgan fingerprint density at radius 2 is 1.27 bits per heavy atom. The molecule has 0 aliphatic heterocycles. The molecule has 3 heteroatoms. The van der Waals surface area contributed by atoms with Gasteiger partial charge in [0.15, 0.2) is 0 Å². The van der Waals surface area contributed by atoms with Crippen LogP contribution in [0.2, 0.25) is 0 Å². The molecule has 0 N–H and O–H groups in total. The second-order valence-corrected chi connectivity index (χ2v) is 11.6. The van der Waals surface area contributed by atoms with Gasteiger partial charge < -0.3 is 9.13 Å². The quantitative estimate of drug-likeness (QED) is 0.203. The van der Waals surface area contributed by atoms with Crippen LogP contribution in [0.3, 0.4) is 0 Å². The van der Waals surface area contributed by atoms with Gasteiger partial charge in [0.2, 0.25) is 0 Å². The zero-order chi connectivity index (χ0) is 29.6. The molecule has 44 heavy (non-hydrogen) atoms. The third-order valence-corrected chi connectivity index (χ3v) is 8.96. The Hall–Kier alpha value is -5.41. The topological polar surface area (TPSA) is 22.8 Å². The van der Waals surface area contributed by atoms with Crippen molar-refractivity contribution >= 4 is 34.0 Å². The lowest BCUT2D eigenvalue weighted by atomic mass is 10.00. The SMILES string of the molecule is C/C=C\c1c2c(n(-c3cccc(-c4cncc(-c5cccc(-n6c7ccccc7c7ccccc76)c5)c4)c3)c1C)CCC=C2. The fourth-order valence-electron chi connectivity index (χ4n) is 6.98. The predicted octanol–water partition coefficient (Wildman–Crippen LogP) is 10.6. The van der Waals surface area contributed by atoms with Gasteiger partial charge in [-0.1, -0.05) is 85.0 Å². The molecule has 0 spiro atoms. The Kier molecular flexibility index (Phi) is 6.38. The van der Waals surface area contributed by atoms with E-state index in [1.807, 2.05) is 12.4 Å². The Morgan fingerprint density at radius 3 is 1.91 bits per heavy atom. The normalized spacial score (nSPS) is 12.9. The Bertz CT molecular complexity index is 2200. The summed E-state index contributed by atoms with van der Waals surface area (Å²) in [4.78, 5) is 4.72. The summed E-state index contributed by atoms with van der Waals surface area (Å²) < 4.78 is 4.82. The lowest BCUT2D eigenvalue weighted by Gasteiger charge is -2.15. The van der Waals surface area contributed by atoms with Gasteiger partial charge in [0.25, 0.3) is 0 Å². The van der Waals surface area contributed by atoms with E-state index in [1.54, 1.807) is 0 Å². The van der Waals surface area contributed by atoms with E-state index < -0.39 is 0 Å². The van der Waals surface area contributed by atoms with Gasteiger partial charge in [0.1, 0.15) is 0 Å². The predicted molar refractivity (Wildman–Crippen MR) is 186 cm³/mol. The maximum absolute atomic E-state index is 4.72. The number of hydrogen-bond donors (Lipinski definition) is 0. The zero-order valence-electron chi connectivity index (χ0n) is 25.0. The highest BCUT2D eigenvalue weighted by molar-refractivity contribution is 6.09. The summed E-state index contributed by atoms with van der Waals surface area (Å²) in [5.74, 6) is 0. The molecular weight excluding hydrogens is 534 g/mol. The largest absolute Gasteiger partial charge is 0.317 e. The van der Waals surface area contributed by atoms with Gasteiger partial charge in [-0.3, -0.25) is 4.98 Å². The van der Waals surface area contributed by atoms with E-state index in [9.17, 15) is 0 Å². The van der Waals surface area contributed by atoms with Crippen LogP contribution in [0.4, 0.5) is 0 Å². The summed E-state index contributed by atoms with van der Waals surface area (Å²) in [5, 5.41) is 2.54. The second-order valence-electron chi connectivity index (χ2n) is 11.6. The van der Waals surface area contributed by atoms with Crippen LogP contribution in [0.1, 0.15) is 35.9 Å². The minimum Gasteiger partial charge on any atom is -0.317 e. The molecule has 0 saturated heterocycles. The van der Waals surface area contributed by atoms with E-state index in [-0.39, 0.29) is 0 Å². The van der Waals surface area contributed by atoms with Gasteiger partial charge in [0.05, 0.1) is 11.0 Å². The van der Waals surface area contributed by atoms with Crippen molar-refractivity contribution in [2.24, 2.45) is 0 Å². The first-order valence-corrected chi connectivity index (χ1v) is 15.4. The Morgan fingerprint density at radius 1 is 0.659 bits per heavy atom. The number of fused-ring (bicyclic) bond motifs is 4. The molecule has 0 atom stereocenters. The van der Waals surface area contributed by atoms with Crippen molar-refractivity contribution < 1.29 is 0 Å². The van der Waals surface area contributed by atoms with Crippen molar-refractivity contribution in [3.8, 4) is 33.6 Å². The molecule has 3 heterocycles. The van der Waals surface area contributed by atoms with Crippen molar-refractivity contribution in [2.45, 2.75) is 26.7 Å². The number of para-hydroxylation sites is 2. The molecule has 0 unspecified atom stereocenters. The van der Waals surface area contributed by atoms with Gasteiger partial charge in [-0.25, -0.2) is 0 Å². The van der Waals surface area contributed by atoms with E-state index in [0.29, 0.717) is 0 Å². The molecule has 8 rings (SSSR count). The molecule has 0 saturated carbocycles. The summed E-state index contributed by atoms with van der Waals surface area (Å²) in [6, 6.07) is 37.3. The van der Waals surface area contributed by atoms with E-state index >= 15 is 0 Å². The van der Waals surface area contributed by atoms with Gasteiger partial charge >= 0.3 is 0 Å². The molecule has 0 amide bonds. The van der Waals surface area contributed by atoms with Crippen molar-refractivity contribution in [2.75, 3.05) is 0 Å². The summed E-state index contributed by atoms with van der Waals surface area (Å²) in [6.45, 7) is 4.33. The van der Waals surface area contributed by atoms with Crippen LogP contribution in [0.5, 0.6) is 0 Å². The monoisotopic (exact) mass is 567 g/mol. The number of benzene rings is 4. The number of hydrogen-bond acceptors (Lipinski definition) is 1. The van der Waals surface area contributed by atoms with Crippen LogP contribution in [-0.4, -0.2) is 14.1 Å². The molecule has 1 aliphatic carbocycles. The smallest absolute Gasteiger partial charge is 0.0541 e. The highest BCUT2D eigenvalue weighted by atomic mass is 15.0. The standard InChI is InChI=1S/C41H33N3/c1-3-12-35-28(2)43(39-20-7-4-17-36(35)39)33-15-10-13-29(24-33)31-23-32(27-42-26-31)30-14-11-16-34(25-30)44-40-21-8-5-18-37(40)38-19-6-9-22-41(38)44/h3-6,8-19,21-27H,7,20H2,1-2H3/b12-3-. The molecule has 3 nitrogen and oxygen atoms in total. The van der Waals surface area contributed by atoms with Crippen LogP contribution in [0.15, 0.2) is 128 Å².